The predicted molar refractivity (Wildman–Crippen MR) is 135 cm³/mol. The molecule has 0 aliphatic carbocycles. The first-order chi connectivity index (χ1) is 18.2. The first-order valence-corrected chi connectivity index (χ1v) is 13.3. The van der Waals surface area contributed by atoms with E-state index >= 15 is 0 Å². The lowest BCUT2D eigenvalue weighted by molar-refractivity contribution is 0.0730. The first kappa shape index (κ1) is 25.8. The minimum Gasteiger partial charge on any atom is -0.465 e. The van der Waals surface area contributed by atoms with Crippen LogP contribution in [0, 0.1) is 11.6 Å². The van der Waals surface area contributed by atoms with Crippen LogP contribution in [0.15, 0.2) is 65.7 Å². The molecule has 3 heterocycles. The van der Waals surface area contributed by atoms with Crippen LogP contribution in [-0.2, 0) is 21.2 Å². The molecule has 0 spiro atoms. The summed E-state index contributed by atoms with van der Waals surface area (Å²) < 4.78 is 60.4. The number of hydrogen-bond donors (Lipinski definition) is 3. The summed E-state index contributed by atoms with van der Waals surface area (Å²) in [6.07, 6.45) is 0.284. The molecule has 1 saturated heterocycles. The molecule has 12 heteroatoms. The Labute approximate surface area is 217 Å². The summed E-state index contributed by atoms with van der Waals surface area (Å²) in [7, 11) is -3.71. The first-order valence-electron chi connectivity index (χ1n) is 11.8. The maximum atomic E-state index is 13.9. The topological polar surface area (TPSA) is 125 Å². The van der Waals surface area contributed by atoms with Gasteiger partial charge in [-0.05, 0) is 53.9 Å². The number of sulfonamides is 1. The van der Waals surface area contributed by atoms with Gasteiger partial charge in [0.25, 0.3) is 0 Å². The van der Waals surface area contributed by atoms with Crippen LogP contribution in [0.3, 0.4) is 0 Å². The number of pyridine rings is 1. The minimum absolute atomic E-state index is 0.0690. The van der Waals surface area contributed by atoms with E-state index in [1.165, 1.54) is 16.4 Å². The fraction of sp³-hybridized carbons (Fsp3) is 0.231. The van der Waals surface area contributed by atoms with E-state index in [1.54, 1.807) is 30.5 Å². The molecule has 4 aromatic rings. The van der Waals surface area contributed by atoms with E-state index in [0.717, 1.165) is 18.2 Å². The number of halogens is 2. The van der Waals surface area contributed by atoms with Crippen LogP contribution in [0.1, 0.15) is 17.3 Å². The van der Waals surface area contributed by atoms with Crippen LogP contribution in [0.5, 0.6) is 0 Å². The Balaban J connectivity index is 1.56. The van der Waals surface area contributed by atoms with Gasteiger partial charge in [0.15, 0.2) is 0 Å². The van der Waals surface area contributed by atoms with Gasteiger partial charge < -0.3 is 20.1 Å². The van der Waals surface area contributed by atoms with Crippen molar-refractivity contribution in [3.8, 4) is 11.1 Å². The number of amides is 1. The third-order valence-electron chi connectivity index (χ3n) is 6.32. The Hall–Kier alpha value is -3.87. The van der Waals surface area contributed by atoms with Crippen molar-refractivity contribution in [3.05, 3.63) is 83.7 Å². The lowest BCUT2D eigenvalue weighted by Gasteiger charge is -2.26. The molecule has 0 unspecified atom stereocenters. The van der Waals surface area contributed by atoms with E-state index < -0.39 is 33.8 Å². The van der Waals surface area contributed by atoms with Gasteiger partial charge in [-0.15, -0.1) is 0 Å². The Kier molecular flexibility index (Phi) is 7.11. The number of aromatic nitrogens is 2. The number of nitrogens with one attached hydrogen (secondary N) is 2. The van der Waals surface area contributed by atoms with Gasteiger partial charge in [0.1, 0.15) is 11.6 Å². The highest BCUT2D eigenvalue weighted by Gasteiger charge is 2.27. The molecular weight excluding hydrogens is 518 g/mol. The van der Waals surface area contributed by atoms with Crippen LogP contribution >= 0.6 is 0 Å². The van der Waals surface area contributed by atoms with Crippen LogP contribution in [-0.4, -0.2) is 60.2 Å². The van der Waals surface area contributed by atoms with Gasteiger partial charge >= 0.3 is 6.09 Å². The molecule has 38 heavy (non-hydrogen) atoms. The summed E-state index contributed by atoms with van der Waals surface area (Å²) in [6.45, 7) is 1.20. The fourth-order valence-corrected chi connectivity index (χ4v) is 5.97. The largest absolute Gasteiger partial charge is 0.465 e. The lowest BCUT2D eigenvalue weighted by Crippen LogP contribution is -2.40. The van der Waals surface area contributed by atoms with Gasteiger partial charge in [-0.1, -0.05) is 12.1 Å². The molecule has 9 nitrogen and oxygen atoms in total. The van der Waals surface area contributed by atoms with Crippen molar-refractivity contribution >= 4 is 27.1 Å². The van der Waals surface area contributed by atoms with Crippen LogP contribution in [0.25, 0.3) is 22.2 Å². The molecule has 0 radical (unpaired) electrons. The molecule has 1 amide bonds. The Morgan fingerprint density at radius 2 is 1.76 bits per heavy atom. The summed E-state index contributed by atoms with van der Waals surface area (Å²) >= 11 is 0. The van der Waals surface area contributed by atoms with Crippen molar-refractivity contribution in [2.75, 3.05) is 26.3 Å². The average molecular weight is 543 g/mol. The van der Waals surface area contributed by atoms with E-state index in [4.69, 9.17) is 4.74 Å². The van der Waals surface area contributed by atoms with Gasteiger partial charge in [-0.3, -0.25) is 0 Å². The number of ether oxygens (including phenoxy) is 1. The van der Waals surface area contributed by atoms with Crippen molar-refractivity contribution in [3.63, 3.8) is 0 Å². The Morgan fingerprint density at radius 3 is 2.42 bits per heavy atom. The molecular formula is C26H24F2N4O5S. The number of carbonyl (C=O) groups is 1. The molecule has 1 fully saturated rings. The molecule has 2 aromatic heterocycles. The van der Waals surface area contributed by atoms with Crippen molar-refractivity contribution in [1.82, 2.24) is 19.6 Å². The van der Waals surface area contributed by atoms with Crippen LogP contribution in [0.2, 0.25) is 0 Å². The number of rotatable bonds is 7. The number of morpholine rings is 1. The van der Waals surface area contributed by atoms with Gasteiger partial charge in [-0.25, -0.2) is 27.0 Å². The molecule has 1 atom stereocenters. The molecule has 198 valence electrons. The minimum atomic E-state index is -3.71. The van der Waals surface area contributed by atoms with Gasteiger partial charge in [-0.2, -0.15) is 4.31 Å². The van der Waals surface area contributed by atoms with Gasteiger partial charge in [0.2, 0.25) is 10.0 Å². The molecule has 0 bridgehead atoms. The second-order valence-electron chi connectivity index (χ2n) is 8.86. The third kappa shape index (κ3) is 5.37. The molecule has 0 saturated carbocycles. The summed E-state index contributed by atoms with van der Waals surface area (Å²) in [6, 6.07) is 11.8. The summed E-state index contributed by atoms with van der Waals surface area (Å²) in [5.41, 5.74) is 2.94. The number of nitrogens with zero attached hydrogens (tertiary/aromatic N) is 2. The highest BCUT2D eigenvalue weighted by molar-refractivity contribution is 7.89. The smallest absolute Gasteiger partial charge is 0.405 e. The molecule has 2 aromatic carbocycles. The zero-order valence-corrected chi connectivity index (χ0v) is 20.8. The quantitative estimate of drug-likeness (QED) is 0.323. The van der Waals surface area contributed by atoms with E-state index in [2.05, 4.69) is 15.3 Å². The molecule has 3 N–H and O–H groups in total. The van der Waals surface area contributed by atoms with Gasteiger partial charge in [0, 0.05) is 30.9 Å². The molecule has 5 rings (SSSR count). The Morgan fingerprint density at radius 1 is 1.08 bits per heavy atom. The SMILES string of the molecule is O=C(O)N[C@@H](Cc1cc(F)cc(F)c1)c1nc2cc[nH]c2cc1-c1ccc(S(=O)(=O)N2CCOCC2)cc1. The predicted octanol–water partition coefficient (Wildman–Crippen LogP) is 4.08. The van der Waals surface area contributed by atoms with E-state index in [9.17, 15) is 27.1 Å². The Bertz CT molecular complexity index is 1560. The van der Waals surface area contributed by atoms with Crippen LogP contribution < -0.4 is 5.32 Å². The van der Waals surface area contributed by atoms with E-state index in [1.807, 2.05) is 0 Å². The highest BCUT2D eigenvalue weighted by Crippen LogP contribution is 2.33. The van der Waals surface area contributed by atoms with Crippen molar-refractivity contribution in [2.45, 2.75) is 17.4 Å². The second kappa shape index (κ2) is 10.5. The number of H-pyrrole nitrogens is 1. The molecule has 1 aliphatic rings. The summed E-state index contributed by atoms with van der Waals surface area (Å²) in [4.78, 5) is 19.6. The van der Waals surface area contributed by atoms with E-state index in [-0.39, 0.29) is 30.0 Å². The summed E-state index contributed by atoms with van der Waals surface area (Å²) in [5, 5.41) is 12.0. The molecule has 1 aliphatic heterocycles. The van der Waals surface area contributed by atoms with Crippen LogP contribution in [0.4, 0.5) is 13.6 Å². The highest BCUT2D eigenvalue weighted by atomic mass is 32.2. The normalized spacial score (nSPS) is 15.4. The second-order valence-corrected chi connectivity index (χ2v) is 10.8. The standard InChI is InChI=1S/C26H24F2N4O5S/c27-18-11-16(12-19(28)14-18)13-24(31-26(33)34)25-21(15-23-22(30-25)5-6-29-23)17-1-3-20(4-2-17)38(35,36)32-7-9-37-10-8-32/h1-6,11-12,14-15,24,29,31H,7-10,13H2,(H,33,34)/t24-/m0/s1. The maximum Gasteiger partial charge on any atom is 0.405 e. The van der Waals surface area contributed by atoms with Crippen molar-refractivity contribution < 1.29 is 31.8 Å². The summed E-state index contributed by atoms with van der Waals surface area (Å²) in [5.74, 6) is -1.55. The zero-order valence-electron chi connectivity index (χ0n) is 20.0. The van der Waals surface area contributed by atoms with Crippen molar-refractivity contribution in [1.29, 1.82) is 0 Å². The zero-order chi connectivity index (χ0) is 26.9. The average Bonchev–Trinajstić information content (AvgIpc) is 3.35. The number of carboxylic acid groups (broad SMARTS) is 1. The van der Waals surface area contributed by atoms with Crippen molar-refractivity contribution in [2.24, 2.45) is 0 Å². The number of aromatic amines is 1. The maximum absolute atomic E-state index is 13.9. The monoisotopic (exact) mass is 542 g/mol. The van der Waals surface area contributed by atoms with Gasteiger partial charge in [0.05, 0.1) is 40.9 Å². The number of fused-ring (bicyclic) bond motifs is 1. The third-order valence-corrected chi connectivity index (χ3v) is 8.24. The fourth-order valence-electron chi connectivity index (χ4n) is 4.56. The number of benzene rings is 2. The number of hydrogen-bond acceptors (Lipinski definition) is 5. The lowest BCUT2D eigenvalue weighted by atomic mass is 9.95. The van der Waals surface area contributed by atoms with E-state index in [0.29, 0.717) is 41.1 Å².